The Balaban J connectivity index is 4.90. The summed E-state index contributed by atoms with van der Waals surface area (Å²) in [6, 6.07) is 0. The molecule has 0 fully saturated rings. The van der Waals surface area contributed by atoms with Gasteiger partial charge < -0.3 is 79.8 Å². The standard InChI is InChI=1S/C61H115N7O17/c1-6-8-9-10-17-57(72)63-25-12-31-78-38-44-84-45-39-79-32-13-26-64-58(73)21-18-52(7-2)55(70)49-54(20-23-60(75)66-28-15-34-81-40-46-85-47-41-82-35-16-29-67-61(76)50-68(4)5)56(71)48-53(51(3)69)19-22-59(74)65-27-14-33-80-37-43-83-42-36-77-30-11-24-62/h52-54H,6-50,62H2,1-5H3,(H,63,72)(H,64,73)(H,65,74)(H,66,75)(H,67,76). The van der Waals surface area contributed by atoms with Crippen LogP contribution in [-0.2, 0) is 81.0 Å². The molecule has 24 nitrogen and oxygen atoms in total. The van der Waals surface area contributed by atoms with Crippen molar-refractivity contribution in [1.29, 1.82) is 0 Å². The molecule has 24 heteroatoms. The third-order valence-electron chi connectivity index (χ3n) is 13.4. The minimum absolute atomic E-state index is 0.0197. The van der Waals surface area contributed by atoms with Crippen LogP contribution < -0.4 is 32.3 Å². The van der Waals surface area contributed by atoms with Crippen molar-refractivity contribution >= 4 is 46.9 Å². The van der Waals surface area contributed by atoms with Gasteiger partial charge in [-0.2, -0.15) is 0 Å². The van der Waals surface area contributed by atoms with Crippen LogP contribution in [0.1, 0.15) is 149 Å². The van der Waals surface area contributed by atoms with Crippen LogP contribution >= 0.6 is 0 Å². The van der Waals surface area contributed by atoms with E-state index in [1.54, 1.807) is 4.90 Å². The minimum Gasteiger partial charge on any atom is -0.379 e. The molecule has 0 aromatic carbocycles. The molecule has 0 spiro atoms. The van der Waals surface area contributed by atoms with Crippen LogP contribution in [0.25, 0.3) is 0 Å². The van der Waals surface area contributed by atoms with Crippen LogP contribution in [0.5, 0.6) is 0 Å². The van der Waals surface area contributed by atoms with Crippen molar-refractivity contribution in [1.82, 2.24) is 31.5 Å². The van der Waals surface area contributed by atoms with Gasteiger partial charge in [-0.25, -0.2) is 0 Å². The van der Waals surface area contributed by atoms with Gasteiger partial charge in [0.2, 0.25) is 29.5 Å². The molecule has 0 aromatic heterocycles. The second kappa shape index (κ2) is 60.2. The summed E-state index contributed by atoms with van der Waals surface area (Å²) in [5.41, 5.74) is 5.45. The van der Waals surface area contributed by atoms with E-state index < -0.39 is 17.8 Å². The van der Waals surface area contributed by atoms with Crippen molar-refractivity contribution in [3.05, 3.63) is 0 Å². The van der Waals surface area contributed by atoms with Crippen molar-refractivity contribution in [3.8, 4) is 0 Å². The van der Waals surface area contributed by atoms with Gasteiger partial charge in [0.15, 0.2) is 0 Å². The predicted octanol–water partition coefficient (Wildman–Crippen LogP) is 3.65. The van der Waals surface area contributed by atoms with Crippen LogP contribution in [0.2, 0.25) is 0 Å². The van der Waals surface area contributed by atoms with E-state index in [0.29, 0.717) is 203 Å². The molecule has 496 valence electrons. The first-order chi connectivity index (χ1) is 41.2. The van der Waals surface area contributed by atoms with Crippen molar-refractivity contribution in [2.24, 2.45) is 23.5 Å². The fourth-order valence-corrected chi connectivity index (χ4v) is 8.38. The molecule has 0 bridgehead atoms. The van der Waals surface area contributed by atoms with E-state index in [4.69, 9.17) is 48.4 Å². The van der Waals surface area contributed by atoms with Gasteiger partial charge in [0.1, 0.15) is 17.3 Å². The zero-order valence-corrected chi connectivity index (χ0v) is 53.0. The molecule has 0 radical (unpaired) electrons. The van der Waals surface area contributed by atoms with E-state index in [1.165, 1.54) is 6.92 Å². The Labute approximate surface area is 509 Å². The van der Waals surface area contributed by atoms with Gasteiger partial charge in [0, 0.05) is 129 Å². The molecule has 85 heavy (non-hydrogen) atoms. The average Bonchev–Trinajstić information content (AvgIpc) is 3.59. The van der Waals surface area contributed by atoms with Crippen molar-refractivity contribution in [2.45, 2.75) is 149 Å². The van der Waals surface area contributed by atoms with Crippen LogP contribution in [0, 0.1) is 17.8 Å². The number of carbonyl (C=O) groups is 8. The first-order valence-corrected chi connectivity index (χ1v) is 31.7. The number of unbranched alkanes of at least 4 members (excludes halogenated alkanes) is 3. The zero-order valence-electron chi connectivity index (χ0n) is 53.0. The average molecular weight is 1220 g/mol. The van der Waals surface area contributed by atoms with E-state index in [1.807, 2.05) is 21.0 Å². The summed E-state index contributed by atoms with van der Waals surface area (Å²) in [6.45, 7) is 16.6. The molecule has 3 unspecified atom stereocenters. The number of likely N-dealkylation sites (N-methyl/N-ethyl adjacent to an activating group) is 1. The highest BCUT2D eigenvalue weighted by molar-refractivity contribution is 5.92. The molecule has 0 aliphatic carbocycles. The maximum absolute atomic E-state index is 14.0. The highest BCUT2D eigenvalue weighted by Crippen LogP contribution is 2.25. The summed E-state index contributed by atoms with van der Waals surface area (Å²) < 4.78 is 49.9. The normalized spacial score (nSPS) is 12.4. The number of nitrogens with two attached hydrogens (primary N) is 1. The van der Waals surface area contributed by atoms with Gasteiger partial charge in [-0.05, 0) is 98.2 Å². The molecule has 0 aromatic rings. The lowest BCUT2D eigenvalue weighted by Crippen LogP contribution is -2.34. The summed E-state index contributed by atoms with van der Waals surface area (Å²) in [5, 5.41) is 14.4. The smallest absolute Gasteiger partial charge is 0.234 e. The number of amides is 5. The van der Waals surface area contributed by atoms with Gasteiger partial charge in [0.25, 0.3) is 0 Å². The lowest BCUT2D eigenvalue weighted by molar-refractivity contribution is -0.133. The molecular weight excluding hydrogens is 1100 g/mol. The van der Waals surface area contributed by atoms with Crippen LogP contribution in [0.4, 0.5) is 0 Å². The zero-order chi connectivity index (χ0) is 62.6. The van der Waals surface area contributed by atoms with E-state index in [2.05, 4.69) is 33.5 Å². The highest BCUT2D eigenvalue weighted by atomic mass is 16.6. The van der Waals surface area contributed by atoms with Crippen LogP contribution in [0.15, 0.2) is 0 Å². The number of carbonyl (C=O) groups excluding carboxylic acids is 8. The molecule has 0 saturated carbocycles. The predicted molar refractivity (Wildman–Crippen MR) is 325 cm³/mol. The van der Waals surface area contributed by atoms with Gasteiger partial charge in [-0.3, -0.25) is 38.4 Å². The van der Waals surface area contributed by atoms with E-state index >= 15 is 0 Å². The first-order valence-electron chi connectivity index (χ1n) is 31.7. The second-order valence-electron chi connectivity index (χ2n) is 21.3. The number of nitrogens with one attached hydrogen (secondary N) is 5. The number of rotatable bonds is 65. The summed E-state index contributed by atoms with van der Waals surface area (Å²) in [6.07, 6.45) is 9.67. The number of Topliss-reactive ketones (excluding diaryl/α,β-unsaturated/α-hetero) is 3. The third-order valence-corrected chi connectivity index (χ3v) is 13.4. The van der Waals surface area contributed by atoms with Gasteiger partial charge in [-0.1, -0.05) is 33.1 Å². The first kappa shape index (κ1) is 80.9. The van der Waals surface area contributed by atoms with E-state index in [9.17, 15) is 38.4 Å². The highest BCUT2D eigenvalue weighted by Gasteiger charge is 2.30. The summed E-state index contributed by atoms with van der Waals surface area (Å²) >= 11 is 0. The summed E-state index contributed by atoms with van der Waals surface area (Å²) in [7, 11) is 3.68. The molecule has 0 aliphatic heterocycles. The SMILES string of the molecule is CCCCCCC(=O)NCCCOCCOCCOCCCNC(=O)CCC(CC)C(=O)CC(CCC(=O)NCCCOCCOCCOCCCNC(=O)CN(C)C)C(=O)CC(CCC(=O)NCCCOCCOCCOCCCN)C(C)=O. The quantitative estimate of drug-likeness (QED) is 0.0474. The van der Waals surface area contributed by atoms with E-state index in [0.717, 1.165) is 38.5 Å². The van der Waals surface area contributed by atoms with Gasteiger partial charge >= 0.3 is 0 Å². The third kappa shape index (κ3) is 55.0. The molecule has 0 aliphatic rings. The Morgan fingerprint density at radius 3 is 1.01 bits per heavy atom. The molecule has 5 amide bonds. The fourth-order valence-electron chi connectivity index (χ4n) is 8.38. The molecule has 0 rings (SSSR count). The number of hydrogen-bond acceptors (Lipinski definition) is 19. The van der Waals surface area contributed by atoms with Crippen molar-refractivity contribution in [2.75, 3.05) is 179 Å². The van der Waals surface area contributed by atoms with Crippen molar-refractivity contribution < 1.29 is 81.0 Å². The molecule has 0 heterocycles. The Morgan fingerprint density at radius 1 is 0.365 bits per heavy atom. The summed E-state index contributed by atoms with van der Waals surface area (Å²) in [4.78, 5) is 105. The van der Waals surface area contributed by atoms with E-state index in [-0.39, 0.29) is 98.3 Å². The number of hydrogen-bond donors (Lipinski definition) is 6. The van der Waals surface area contributed by atoms with Gasteiger partial charge in [0.05, 0.1) is 85.8 Å². The monoisotopic (exact) mass is 1220 g/mol. The number of ketones is 3. The number of ether oxygens (including phenoxy) is 9. The lowest BCUT2D eigenvalue weighted by Gasteiger charge is -2.21. The van der Waals surface area contributed by atoms with Crippen LogP contribution in [0.3, 0.4) is 0 Å². The Bertz CT molecular complexity index is 1700. The Kier molecular flexibility index (Phi) is 57.3. The Hall–Kier alpha value is -4.08. The minimum atomic E-state index is -0.841. The van der Waals surface area contributed by atoms with Crippen LogP contribution in [-0.4, -0.2) is 231 Å². The molecule has 7 N–H and O–H groups in total. The molecule has 3 atom stereocenters. The topological polar surface area (TPSA) is 309 Å². The largest absolute Gasteiger partial charge is 0.379 e. The van der Waals surface area contributed by atoms with Gasteiger partial charge in [-0.15, -0.1) is 0 Å². The van der Waals surface area contributed by atoms with Crippen molar-refractivity contribution in [3.63, 3.8) is 0 Å². The number of nitrogens with zero attached hydrogens (tertiary/aromatic N) is 1. The Morgan fingerprint density at radius 2 is 0.671 bits per heavy atom. The fraction of sp³-hybridized carbons (Fsp3) is 0.869. The molecule has 0 saturated heterocycles. The maximum atomic E-state index is 14.0. The maximum Gasteiger partial charge on any atom is 0.234 e. The summed E-state index contributed by atoms with van der Waals surface area (Å²) in [5.74, 6) is -3.50. The second-order valence-corrected chi connectivity index (χ2v) is 21.3. The lowest BCUT2D eigenvalue weighted by atomic mass is 9.82. The molecular formula is C61H115N7O17.